The van der Waals surface area contributed by atoms with E-state index in [2.05, 4.69) is 23.8 Å². The zero-order valence-corrected chi connectivity index (χ0v) is 53.2. The molecule has 12 atom stereocenters. The Balaban J connectivity index is 0.000000324. The molecule has 8 N–H and O–H groups in total. The van der Waals surface area contributed by atoms with Crippen LogP contribution in [0.4, 0.5) is 21.9 Å². The van der Waals surface area contributed by atoms with E-state index in [9.17, 15) is 49.2 Å². The summed E-state index contributed by atoms with van der Waals surface area (Å²) in [5, 5.41) is 51.1. The number of phenolic OH excluding ortho intramolecular Hbond substituents is 2. The first-order valence-corrected chi connectivity index (χ1v) is 29.4. The lowest BCUT2D eigenvalue weighted by molar-refractivity contribution is -0.149. The Morgan fingerprint density at radius 1 is 0.708 bits per heavy atom. The van der Waals surface area contributed by atoms with Crippen molar-refractivity contribution in [1.82, 2.24) is 4.57 Å². The van der Waals surface area contributed by atoms with Gasteiger partial charge in [0.25, 0.3) is 17.7 Å². The predicted molar refractivity (Wildman–Crippen MR) is 338 cm³/mol. The number of carbonyl (C=O) groups is 5. The molecule has 4 bridgehead atoms. The van der Waals surface area contributed by atoms with Crippen LogP contribution in [0.5, 0.6) is 17.2 Å². The van der Waals surface area contributed by atoms with Gasteiger partial charge in [0.2, 0.25) is 0 Å². The molecule has 23 nitrogen and oxygen atoms in total. The number of oxazole rings is 1. The number of primary amides is 1. The molecular weight excluding hydrogens is 1150 g/mol. The normalized spacial score (nSPS) is 29.2. The Morgan fingerprint density at radius 2 is 1.18 bits per heavy atom. The number of amides is 4. The van der Waals surface area contributed by atoms with E-state index in [-0.39, 0.29) is 78.7 Å². The van der Waals surface area contributed by atoms with Gasteiger partial charge in [-0.05, 0) is 76.4 Å². The molecule has 6 rings (SSSR count). The number of ether oxygens (including phenoxy) is 7. The number of aliphatic hydroxyl groups is 2. The first-order valence-electron chi connectivity index (χ1n) is 29.4. The van der Waals surface area contributed by atoms with Crippen molar-refractivity contribution in [2.45, 2.75) is 143 Å². The number of fused-ring (bicyclic) bond motifs is 8. The molecule has 23 heteroatoms. The summed E-state index contributed by atoms with van der Waals surface area (Å²) in [7, 11) is 5.95. The quantitative estimate of drug-likeness (QED) is 0.0571. The van der Waals surface area contributed by atoms with Crippen molar-refractivity contribution in [3.05, 3.63) is 130 Å². The SMILES string of the molecule is C=CCN1C(=O)COc2cc3c(O)c(c21)C[C@@H](C)C[C@H](OC)[C@H](O)[C@@H](C)/C=C(\C)[C@H](OC(N)=O)[C@@H](OC)/C=C\C=C(/C)C(=O)N3.C=CCn1c(=O)oc2cc3c(O)c(c21)C[C@@H](C)C[C@H](OC)[C@H](O)[C@@H](C)/C=C(\C)[C@H](OC(C)=O)[C@@H](OC)/C=C\C=C(/C)C(=O)N3. The van der Waals surface area contributed by atoms with E-state index in [4.69, 9.17) is 43.3 Å². The summed E-state index contributed by atoms with van der Waals surface area (Å²) in [5.74, 6) is -3.62. The number of nitrogens with one attached hydrogen (secondary N) is 2. The number of nitrogens with two attached hydrogens (primary N) is 1. The van der Waals surface area contributed by atoms with Crippen LogP contribution in [0.25, 0.3) is 11.1 Å². The van der Waals surface area contributed by atoms with Crippen molar-refractivity contribution in [2.24, 2.45) is 29.4 Å². The van der Waals surface area contributed by atoms with E-state index in [0.717, 1.165) is 0 Å². The maximum atomic E-state index is 13.2. The van der Waals surface area contributed by atoms with E-state index in [1.807, 2.05) is 33.8 Å². The monoisotopic (exact) mass is 1240 g/mol. The number of aromatic hydroxyl groups is 2. The van der Waals surface area contributed by atoms with E-state index < -0.39 is 90.3 Å². The Bertz CT molecular complexity index is 3310. The van der Waals surface area contributed by atoms with Crippen molar-refractivity contribution >= 4 is 57.9 Å². The number of aromatic nitrogens is 1. The average Bonchev–Trinajstić information content (AvgIpc) is 1.80. The van der Waals surface area contributed by atoms with Gasteiger partial charge in [0.1, 0.15) is 29.5 Å². The molecule has 0 aliphatic carbocycles. The van der Waals surface area contributed by atoms with E-state index >= 15 is 0 Å². The molecule has 0 saturated carbocycles. The number of carbonyl (C=O) groups excluding carboxylic acids is 5. The van der Waals surface area contributed by atoms with Crippen LogP contribution >= 0.6 is 0 Å². The first-order chi connectivity index (χ1) is 42.1. The number of esters is 1. The highest BCUT2D eigenvalue weighted by molar-refractivity contribution is 6.07. The standard InChI is InChI=1S/C33H45N3O9.C33H44N2O9/c1-8-12-36-27(37)17-44-25-16-23-30(39)22(28(25)36)13-18(2)14-26(43-7)29(38)20(4)15-21(5)31(45-33(34)41)24(42-6)11-9-10-19(3)32(40)35-23;1-9-13-35-28-23-14-18(2)15-27(42-8)29(37)20(4)16-21(5)31(43-22(6)36)25(41-7)12-10-11-19(3)32(39)34-24(30(23)38)17-26(28)44-33(35)40/h8-11,15-16,18,20,24,26,29,31,38-39H,1,12-14,17H2,2-7H3,(H2,34,41)(H,35,40);9-12,16-18,20,25,27,29,31,37-38H,1,13-15H2,2-8H3,(H,34,39)/b11-9-,19-10+,21-15+;12-10-,19-11+,21-16+/t18-,20+,24+,26+,29-,31+;18-,20+,25+,27+,29-,31+/m11/s1. The number of aliphatic hydroxyl groups excluding tert-OH is 2. The Kier molecular flexibility index (Phi) is 26.5. The average molecular weight is 1240 g/mol. The first kappa shape index (κ1) is 71.7. The fourth-order valence-corrected chi connectivity index (χ4v) is 11.2. The molecule has 3 aromatic rings. The van der Waals surface area contributed by atoms with E-state index in [1.165, 1.54) is 57.0 Å². The van der Waals surface area contributed by atoms with Gasteiger partial charge in [-0.2, -0.15) is 0 Å². The van der Waals surface area contributed by atoms with Crippen molar-refractivity contribution in [1.29, 1.82) is 0 Å². The molecule has 486 valence electrons. The number of phenols is 2. The van der Waals surface area contributed by atoms with Crippen LogP contribution < -0.4 is 31.8 Å². The number of anilines is 3. The zero-order valence-electron chi connectivity index (χ0n) is 53.2. The maximum absolute atomic E-state index is 13.2. The molecule has 3 aliphatic heterocycles. The molecule has 0 spiro atoms. The van der Waals surface area contributed by atoms with Crippen LogP contribution in [0.3, 0.4) is 0 Å². The molecule has 0 unspecified atom stereocenters. The second-order valence-corrected chi connectivity index (χ2v) is 22.9. The highest BCUT2D eigenvalue weighted by Crippen LogP contribution is 2.47. The van der Waals surface area contributed by atoms with Crippen LogP contribution in [-0.2, 0) is 67.0 Å². The lowest BCUT2D eigenvalue weighted by Crippen LogP contribution is -2.40. The van der Waals surface area contributed by atoms with Gasteiger partial charge in [-0.15, -0.1) is 13.2 Å². The second-order valence-electron chi connectivity index (χ2n) is 22.9. The third kappa shape index (κ3) is 18.3. The second kappa shape index (κ2) is 33.0. The van der Waals surface area contributed by atoms with Gasteiger partial charge in [-0.25, -0.2) is 9.59 Å². The van der Waals surface area contributed by atoms with Gasteiger partial charge in [-0.3, -0.25) is 23.7 Å². The summed E-state index contributed by atoms with van der Waals surface area (Å²) in [6.07, 6.45) is 10.4. The van der Waals surface area contributed by atoms with Crippen molar-refractivity contribution in [2.75, 3.05) is 57.1 Å². The van der Waals surface area contributed by atoms with Crippen molar-refractivity contribution in [3.63, 3.8) is 0 Å². The summed E-state index contributed by atoms with van der Waals surface area (Å²) in [4.78, 5) is 77.2. The summed E-state index contributed by atoms with van der Waals surface area (Å²) < 4.78 is 46.3. The fraction of sp³-hybridized carbons (Fsp3) is 0.485. The molecule has 3 aliphatic rings. The van der Waals surface area contributed by atoms with Crippen LogP contribution in [0.15, 0.2) is 118 Å². The Morgan fingerprint density at radius 3 is 1.64 bits per heavy atom. The van der Waals surface area contributed by atoms with Gasteiger partial charge < -0.3 is 79.3 Å². The van der Waals surface area contributed by atoms with Crippen LogP contribution in [0.1, 0.15) is 86.3 Å². The number of methoxy groups -OCH3 is 4. The summed E-state index contributed by atoms with van der Waals surface area (Å²) >= 11 is 0. The Hall–Kier alpha value is -8.06. The molecule has 0 fully saturated rings. The van der Waals surface area contributed by atoms with Crippen LogP contribution in [-0.4, -0.2) is 145 Å². The smallest absolute Gasteiger partial charge is 0.420 e. The molecule has 0 saturated heterocycles. The van der Waals surface area contributed by atoms with Gasteiger partial charge in [0.15, 0.2) is 24.4 Å². The lowest BCUT2D eigenvalue weighted by atomic mass is 9.87. The molecule has 89 heavy (non-hydrogen) atoms. The lowest BCUT2D eigenvalue weighted by Gasteiger charge is -2.33. The zero-order chi connectivity index (χ0) is 66.1. The van der Waals surface area contributed by atoms with Crippen molar-refractivity contribution < 1.29 is 82.0 Å². The van der Waals surface area contributed by atoms with Crippen LogP contribution in [0, 0.1) is 23.7 Å². The molecule has 0 radical (unpaired) electrons. The molecule has 2 aromatic carbocycles. The highest BCUT2D eigenvalue weighted by atomic mass is 16.6. The third-order valence-corrected chi connectivity index (χ3v) is 15.9. The number of hydrogen-bond donors (Lipinski definition) is 7. The number of rotatable bonds is 10. The molecule has 4 heterocycles. The molecular formula is C66H89N5O18. The predicted octanol–water partition coefficient (Wildman–Crippen LogP) is 8.18. The minimum absolute atomic E-state index is 0.0836. The number of benzene rings is 2. The highest BCUT2D eigenvalue weighted by Gasteiger charge is 2.35. The summed E-state index contributed by atoms with van der Waals surface area (Å²) in [6, 6.07) is 2.92. The van der Waals surface area contributed by atoms with E-state index in [1.54, 1.807) is 82.4 Å². The van der Waals surface area contributed by atoms with Crippen LogP contribution in [0.2, 0.25) is 0 Å². The minimum Gasteiger partial charge on any atom is -0.505 e. The summed E-state index contributed by atoms with van der Waals surface area (Å²) in [6.45, 7) is 23.2. The van der Waals surface area contributed by atoms with Gasteiger partial charge in [0, 0.05) is 94.7 Å². The van der Waals surface area contributed by atoms with Gasteiger partial charge in [-0.1, -0.05) is 88.5 Å². The fourth-order valence-electron chi connectivity index (χ4n) is 11.2. The number of allylic oxidation sites excluding steroid dienone is 5. The maximum Gasteiger partial charge on any atom is 0.420 e. The largest absolute Gasteiger partial charge is 0.505 e. The number of nitrogens with zero attached hydrogens (tertiary/aromatic N) is 2. The molecule has 1 aromatic heterocycles. The van der Waals surface area contributed by atoms with Gasteiger partial charge in [0.05, 0.1) is 47.0 Å². The van der Waals surface area contributed by atoms with Gasteiger partial charge >= 0.3 is 17.8 Å². The Labute approximate surface area is 519 Å². The number of hydrogen-bond acceptors (Lipinski definition) is 18. The third-order valence-electron chi connectivity index (χ3n) is 15.9. The summed E-state index contributed by atoms with van der Waals surface area (Å²) in [5.41, 5.74) is 9.28. The minimum atomic E-state index is -0.994. The van der Waals surface area contributed by atoms with Crippen molar-refractivity contribution in [3.8, 4) is 17.2 Å². The molecule has 4 amide bonds. The topological polar surface area (TPSA) is 319 Å². The van der Waals surface area contributed by atoms with E-state index in [0.29, 0.717) is 63.2 Å².